The van der Waals surface area contributed by atoms with Gasteiger partial charge in [0.15, 0.2) is 0 Å². The molecular formula is C16H23NO3. The Hall–Kier alpha value is -1.84. The Morgan fingerprint density at radius 2 is 1.75 bits per heavy atom. The normalized spacial score (nSPS) is 11.9. The van der Waals surface area contributed by atoms with Crippen LogP contribution >= 0.6 is 0 Å². The zero-order valence-corrected chi connectivity index (χ0v) is 12.2. The lowest BCUT2D eigenvalue weighted by atomic mass is 9.99. The summed E-state index contributed by atoms with van der Waals surface area (Å²) in [5.74, 6) is -0.353. The number of rotatable bonds is 8. The van der Waals surface area contributed by atoms with Crippen molar-refractivity contribution in [1.82, 2.24) is 0 Å². The van der Waals surface area contributed by atoms with Gasteiger partial charge in [0.2, 0.25) is 5.91 Å². The predicted octanol–water partition coefficient (Wildman–Crippen LogP) is 3.78. The van der Waals surface area contributed by atoms with Crippen LogP contribution in [0.25, 0.3) is 0 Å². The van der Waals surface area contributed by atoms with Gasteiger partial charge >= 0.3 is 5.97 Å². The molecule has 4 nitrogen and oxygen atoms in total. The maximum absolute atomic E-state index is 11.7. The highest BCUT2D eigenvalue weighted by Gasteiger charge is 2.05. The summed E-state index contributed by atoms with van der Waals surface area (Å²) in [6.07, 6.45) is 2.71. The first-order valence-corrected chi connectivity index (χ1v) is 7.14. The molecule has 0 saturated carbocycles. The average Bonchev–Trinajstić information content (AvgIpc) is 2.43. The van der Waals surface area contributed by atoms with E-state index in [9.17, 15) is 9.59 Å². The van der Waals surface area contributed by atoms with Crippen LogP contribution in [0.5, 0.6) is 0 Å². The first-order valence-electron chi connectivity index (χ1n) is 7.14. The fraction of sp³-hybridized carbons (Fsp3) is 0.500. The topological polar surface area (TPSA) is 66.4 Å². The van der Waals surface area contributed by atoms with E-state index in [1.165, 1.54) is 5.56 Å². The third kappa shape index (κ3) is 5.87. The van der Waals surface area contributed by atoms with Crippen molar-refractivity contribution in [2.45, 2.75) is 51.9 Å². The number of carbonyl (C=O) groups excluding carboxylic acids is 1. The standard InChI is InChI=1S/C16H23NO3/c1-3-12(2)13-8-10-14(11-9-13)17-15(18)6-4-5-7-16(19)20/h8-12H,3-7H2,1-2H3,(H,17,18)(H,19,20). The largest absolute Gasteiger partial charge is 0.481 e. The van der Waals surface area contributed by atoms with E-state index in [0.29, 0.717) is 25.2 Å². The smallest absolute Gasteiger partial charge is 0.303 e. The number of unbranched alkanes of at least 4 members (excludes halogenated alkanes) is 1. The molecule has 110 valence electrons. The molecule has 4 heteroatoms. The molecule has 1 aromatic rings. The van der Waals surface area contributed by atoms with Crippen molar-refractivity contribution in [3.05, 3.63) is 29.8 Å². The lowest BCUT2D eigenvalue weighted by Gasteiger charge is -2.10. The number of amides is 1. The Labute approximate surface area is 120 Å². The van der Waals surface area contributed by atoms with Gasteiger partial charge in [0, 0.05) is 18.5 Å². The Morgan fingerprint density at radius 3 is 2.30 bits per heavy atom. The number of aliphatic carboxylic acids is 1. The summed E-state index contributed by atoms with van der Waals surface area (Å²) in [4.78, 5) is 22.0. The van der Waals surface area contributed by atoms with Crippen LogP contribution in [-0.2, 0) is 9.59 Å². The van der Waals surface area contributed by atoms with Crippen molar-refractivity contribution in [2.75, 3.05) is 5.32 Å². The fourth-order valence-electron chi connectivity index (χ4n) is 1.92. The van der Waals surface area contributed by atoms with Gasteiger partial charge in [-0.05, 0) is 42.9 Å². The molecule has 0 aliphatic rings. The second-order valence-electron chi connectivity index (χ2n) is 5.08. The number of hydrogen-bond acceptors (Lipinski definition) is 2. The summed E-state index contributed by atoms with van der Waals surface area (Å²) in [6, 6.07) is 7.90. The number of carbonyl (C=O) groups is 2. The number of carboxylic acid groups (broad SMARTS) is 1. The summed E-state index contributed by atoms with van der Waals surface area (Å²) in [5, 5.41) is 11.3. The van der Waals surface area contributed by atoms with Crippen LogP contribution in [0.1, 0.15) is 57.4 Å². The average molecular weight is 277 g/mol. The van der Waals surface area contributed by atoms with E-state index in [1.54, 1.807) is 0 Å². The van der Waals surface area contributed by atoms with Crippen molar-refractivity contribution < 1.29 is 14.7 Å². The van der Waals surface area contributed by atoms with E-state index in [1.807, 2.05) is 24.3 Å². The number of hydrogen-bond donors (Lipinski definition) is 2. The molecule has 0 aromatic heterocycles. The predicted molar refractivity (Wildman–Crippen MR) is 79.9 cm³/mol. The van der Waals surface area contributed by atoms with Gasteiger partial charge < -0.3 is 10.4 Å². The summed E-state index contributed by atoms with van der Waals surface area (Å²) in [5.41, 5.74) is 2.06. The van der Waals surface area contributed by atoms with E-state index in [2.05, 4.69) is 19.2 Å². The van der Waals surface area contributed by atoms with Crippen molar-refractivity contribution in [3.8, 4) is 0 Å². The van der Waals surface area contributed by atoms with Crippen LogP contribution < -0.4 is 5.32 Å². The fourth-order valence-corrected chi connectivity index (χ4v) is 1.92. The zero-order valence-electron chi connectivity index (χ0n) is 12.2. The maximum Gasteiger partial charge on any atom is 0.303 e. The highest BCUT2D eigenvalue weighted by Crippen LogP contribution is 2.20. The molecule has 1 amide bonds. The molecule has 0 fully saturated rings. The minimum Gasteiger partial charge on any atom is -0.481 e. The van der Waals surface area contributed by atoms with Crippen molar-refractivity contribution in [2.24, 2.45) is 0 Å². The molecule has 0 aliphatic carbocycles. The summed E-state index contributed by atoms with van der Waals surface area (Å²) < 4.78 is 0. The SMILES string of the molecule is CCC(C)c1ccc(NC(=O)CCCCC(=O)O)cc1. The Kier molecular flexibility index (Phi) is 6.77. The van der Waals surface area contributed by atoms with E-state index in [-0.39, 0.29) is 12.3 Å². The summed E-state index contributed by atoms with van der Waals surface area (Å²) in [7, 11) is 0. The quantitative estimate of drug-likeness (QED) is 0.710. The van der Waals surface area contributed by atoms with Gasteiger partial charge in [0.1, 0.15) is 0 Å². The number of carboxylic acids is 1. The van der Waals surface area contributed by atoms with Gasteiger partial charge in [-0.25, -0.2) is 0 Å². The lowest BCUT2D eigenvalue weighted by molar-refractivity contribution is -0.137. The lowest BCUT2D eigenvalue weighted by Crippen LogP contribution is -2.11. The van der Waals surface area contributed by atoms with E-state index in [4.69, 9.17) is 5.11 Å². The van der Waals surface area contributed by atoms with Crippen LogP contribution in [0, 0.1) is 0 Å². The summed E-state index contributed by atoms with van der Waals surface area (Å²) in [6.45, 7) is 4.33. The van der Waals surface area contributed by atoms with E-state index >= 15 is 0 Å². The third-order valence-electron chi connectivity index (χ3n) is 3.42. The second kappa shape index (κ2) is 8.35. The highest BCUT2D eigenvalue weighted by molar-refractivity contribution is 5.90. The van der Waals surface area contributed by atoms with Crippen LogP contribution in [-0.4, -0.2) is 17.0 Å². The van der Waals surface area contributed by atoms with Crippen LogP contribution in [0.3, 0.4) is 0 Å². The number of anilines is 1. The van der Waals surface area contributed by atoms with E-state index < -0.39 is 5.97 Å². The molecular weight excluding hydrogens is 254 g/mol. The molecule has 0 saturated heterocycles. The Balaban J connectivity index is 2.36. The van der Waals surface area contributed by atoms with Gasteiger partial charge in [-0.2, -0.15) is 0 Å². The molecule has 2 N–H and O–H groups in total. The monoisotopic (exact) mass is 277 g/mol. The van der Waals surface area contributed by atoms with Gasteiger partial charge in [-0.15, -0.1) is 0 Å². The molecule has 1 aromatic carbocycles. The van der Waals surface area contributed by atoms with Crippen molar-refractivity contribution in [1.29, 1.82) is 0 Å². The van der Waals surface area contributed by atoms with Gasteiger partial charge in [0.05, 0.1) is 0 Å². The molecule has 0 heterocycles. The highest BCUT2D eigenvalue weighted by atomic mass is 16.4. The minimum absolute atomic E-state index is 0.0633. The van der Waals surface area contributed by atoms with Gasteiger partial charge in [-0.3, -0.25) is 9.59 Å². The van der Waals surface area contributed by atoms with Crippen LogP contribution in [0.2, 0.25) is 0 Å². The first-order chi connectivity index (χ1) is 9.52. The third-order valence-corrected chi connectivity index (χ3v) is 3.42. The van der Waals surface area contributed by atoms with E-state index in [0.717, 1.165) is 12.1 Å². The molecule has 1 unspecified atom stereocenters. The molecule has 0 radical (unpaired) electrons. The number of nitrogens with one attached hydrogen (secondary N) is 1. The van der Waals surface area contributed by atoms with Crippen LogP contribution in [0.4, 0.5) is 5.69 Å². The summed E-state index contributed by atoms with van der Waals surface area (Å²) >= 11 is 0. The molecule has 20 heavy (non-hydrogen) atoms. The van der Waals surface area contributed by atoms with Crippen LogP contribution in [0.15, 0.2) is 24.3 Å². The molecule has 0 aliphatic heterocycles. The zero-order chi connectivity index (χ0) is 15.0. The Bertz CT molecular complexity index is 440. The second-order valence-corrected chi connectivity index (χ2v) is 5.08. The first kappa shape index (κ1) is 16.2. The van der Waals surface area contributed by atoms with Gasteiger partial charge in [-0.1, -0.05) is 26.0 Å². The maximum atomic E-state index is 11.7. The minimum atomic E-state index is -0.814. The Morgan fingerprint density at radius 1 is 1.15 bits per heavy atom. The molecule has 1 rings (SSSR count). The van der Waals surface area contributed by atoms with Gasteiger partial charge in [0.25, 0.3) is 0 Å². The van der Waals surface area contributed by atoms with Crippen molar-refractivity contribution >= 4 is 17.6 Å². The molecule has 0 spiro atoms. The number of benzene rings is 1. The molecule has 1 atom stereocenters. The molecule has 0 bridgehead atoms. The van der Waals surface area contributed by atoms with Crippen molar-refractivity contribution in [3.63, 3.8) is 0 Å².